The molecule has 0 aliphatic rings. The minimum absolute atomic E-state index is 0. The summed E-state index contributed by atoms with van der Waals surface area (Å²) >= 11 is 0. The van der Waals surface area contributed by atoms with Gasteiger partial charge in [0.25, 0.3) is 0 Å². The van der Waals surface area contributed by atoms with Crippen molar-refractivity contribution < 1.29 is 147 Å². The first-order valence-corrected chi connectivity index (χ1v) is 36.5. The minimum Gasteiger partial charge on any atom is -0.668 e. The van der Waals surface area contributed by atoms with Gasteiger partial charge in [-0.05, 0) is 82.8 Å². The first-order chi connectivity index (χ1) is 55.2. The second-order valence-electron chi connectivity index (χ2n) is 21.4. The van der Waals surface area contributed by atoms with Gasteiger partial charge in [-0.3, -0.25) is 11.1 Å². The van der Waals surface area contributed by atoms with E-state index >= 15 is 0 Å². The third-order valence-corrected chi connectivity index (χ3v) is 14.8. The van der Waals surface area contributed by atoms with E-state index in [1.54, 1.807) is 55.6 Å². The second-order valence-corrected chi connectivity index (χ2v) is 21.4. The van der Waals surface area contributed by atoms with Gasteiger partial charge in [0.05, 0.1) is 70.5 Å². The van der Waals surface area contributed by atoms with Gasteiger partial charge in [0.15, 0.2) is 34.5 Å². The average molecular weight is 2330 g/mol. The molecule has 4 amide bonds. The van der Waals surface area contributed by atoms with Gasteiger partial charge < -0.3 is 135 Å². The number of nitrogen functional groups attached to an aromatic ring is 2. The molecule has 14 N–H and O–H groups in total. The Morgan fingerprint density at radius 2 is 0.742 bits per heavy atom. The number of phenols is 1. The molecule has 0 aliphatic carbocycles. The number of para-hydroxylation sites is 5. The van der Waals surface area contributed by atoms with E-state index in [0.717, 1.165) is 56.3 Å². The standard InChI is InChI=1S/C21H21N4O5.C20H20N5O4.C17H15N4O3.C9H10NO.C7H10N2.5C2H6.3CH3.4W/c1-28-18-10-17-15(9-19(18)30-8-7-20(27)29-2)21(24-12-23-17)25-16-6-4-3-5-14(16)11-22-13-26;1-28-17-9-16-14(8-18(17)29-7-6-19(21)27)20(24-11-23-16)25-15-5-3-2-4-13(15)10-22-12-26;1-24-16-7-14-12(6-15(16)23)17(20-9-19-14)21-13-5-3-2-4-11(13)8-18-10-22;10-9-6-2-1-4-8(9)5-3-7-11;8-5-6-3-1-2-4-7(6)9;5*1-2;;;;;;;/h3-6,9-10,12H,7-8,11H2,1-2H3,(H,22,26)(H,23,24,25);2-5,8-9,11H,6-7,10H2,1H3,(H4,21,22,23,24,25,26,27);2-7,9,23H,8H2,1H3,(H,18,22)(H,19,20,21);1-2,4,6H,3,5,10H2;1-4H,5,8-9H2;5*1-2H3;3*1H3;;;;/q4*-1;;;;;;;3*-1;4*+2/p-1. The molecule has 120 heavy (non-hydrogen) atoms. The summed E-state index contributed by atoms with van der Waals surface area (Å²) < 4.78 is 31.8. The van der Waals surface area contributed by atoms with E-state index in [1.807, 2.05) is 197 Å². The maximum Gasteiger partial charge on any atom is 2.00 e. The molecular weight excluding hydrogens is 2210 g/mol. The number of fused-ring (bicyclic) bond motifs is 3. The Labute approximate surface area is 765 Å². The predicted octanol–water partition coefficient (Wildman–Crippen LogP) is 16.1. The van der Waals surface area contributed by atoms with Crippen molar-refractivity contribution in [3.05, 3.63) is 233 Å². The van der Waals surface area contributed by atoms with Crippen molar-refractivity contribution in [1.82, 2.24) is 45.9 Å². The van der Waals surface area contributed by atoms with E-state index in [-0.39, 0.29) is 144 Å². The largest absolute Gasteiger partial charge is 2.00 e. The molecule has 644 valence electrons. The molecule has 0 fully saturated rings. The summed E-state index contributed by atoms with van der Waals surface area (Å²) in [5.41, 5.74) is 34.0. The molecular formula is C87H114N16O13W4. The van der Waals surface area contributed by atoms with Gasteiger partial charge in [0, 0.05) is 95.4 Å². The number of esters is 1. The van der Waals surface area contributed by atoms with Gasteiger partial charge in [-0.15, -0.1) is 6.42 Å². The first kappa shape index (κ1) is 120. The number of amides is 4. The van der Waals surface area contributed by atoms with Crippen molar-refractivity contribution in [3.63, 3.8) is 0 Å². The smallest absolute Gasteiger partial charge is 0.668 e. The van der Waals surface area contributed by atoms with Crippen molar-refractivity contribution in [2.45, 2.75) is 121 Å². The first-order valence-electron chi connectivity index (χ1n) is 36.5. The van der Waals surface area contributed by atoms with Gasteiger partial charge in [0.2, 0.25) is 0 Å². The van der Waals surface area contributed by atoms with Gasteiger partial charge in [-0.1, -0.05) is 160 Å². The minimum atomic E-state index is -0.701. The molecule has 0 atom stereocenters. The van der Waals surface area contributed by atoms with Crippen LogP contribution in [0.1, 0.15) is 116 Å². The number of nitrogens with two attached hydrogens (primary N) is 3. The van der Waals surface area contributed by atoms with Crippen molar-refractivity contribution >= 4 is 116 Å². The number of benzene rings is 8. The molecule has 33 heteroatoms. The maximum atomic E-state index is 11.3. The number of methoxy groups -OCH3 is 4. The number of phenolic OH excluding ortho intramolecular Hbond substituents is 1. The zero-order valence-electron chi connectivity index (χ0n) is 71.2. The number of aromatic nitrogens is 6. The third kappa shape index (κ3) is 40.8. The number of hydrogen-bond acceptors (Lipinski definition) is 25. The Bertz CT molecular complexity index is 4660. The number of carbonyl (C=O) groups excluding carboxylic acids is 6. The van der Waals surface area contributed by atoms with E-state index in [0.29, 0.717) is 118 Å². The number of rotatable bonds is 30. The van der Waals surface area contributed by atoms with Crippen molar-refractivity contribution in [3.8, 4) is 34.5 Å². The van der Waals surface area contributed by atoms with E-state index in [9.17, 15) is 33.9 Å². The number of nitrogens with zero attached hydrogens (tertiary/aromatic N) is 6. The maximum absolute atomic E-state index is 11.3. The van der Waals surface area contributed by atoms with E-state index in [4.69, 9.17) is 46.6 Å². The summed E-state index contributed by atoms with van der Waals surface area (Å²) in [6.45, 7) is 21.7. The van der Waals surface area contributed by atoms with E-state index in [1.165, 1.54) is 47.4 Å². The summed E-state index contributed by atoms with van der Waals surface area (Å²) in [6, 6.07) is 47.8. The number of carbonyl (C=O) groups is 2. The van der Waals surface area contributed by atoms with Crippen LogP contribution in [0.2, 0.25) is 0 Å². The van der Waals surface area contributed by atoms with Crippen LogP contribution < -0.4 is 72.8 Å². The molecule has 11 aromatic rings. The monoisotopic (exact) mass is 2330 g/mol. The number of ether oxygens (including phenoxy) is 6. The summed E-state index contributed by atoms with van der Waals surface area (Å²) in [5.74, 6) is 2.76. The van der Waals surface area contributed by atoms with Crippen LogP contribution in [0.4, 0.5) is 45.9 Å². The number of aryl methyl sites for hydroxylation is 1. The predicted molar refractivity (Wildman–Crippen MR) is 468 cm³/mol. The topological polar surface area (TPSA) is 429 Å². The fourth-order valence-corrected chi connectivity index (χ4v) is 9.64. The number of hydrogen-bond donors (Lipinski definition) is 10. The fraction of sp³-hybridized carbons (Fsp3) is 0.276. The fourth-order valence-electron chi connectivity index (χ4n) is 9.64. The zero-order chi connectivity index (χ0) is 83.7. The molecule has 8 aromatic carbocycles. The van der Waals surface area contributed by atoms with Crippen LogP contribution in [0.15, 0.2) is 177 Å². The number of anilines is 8. The van der Waals surface area contributed by atoms with Crippen molar-refractivity contribution in [1.29, 1.82) is 0 Å². The Morgan fingerprint density at radius 3 is 1.05 bits per heavy atom. The normalized spacial score (nSPS) is 8.99. The molecule has 0 unspecified atom stereocenters. The third-order valence-electron chi connectivity index (χ3n) is 14.8. The second kappa shape index (κ2) is 72.3. The van der Waals surface area contributed by atoms with Crippen LogP contribution >= 0.6 is 0 Å². The Morgan fingerprint density at radius 1 is 0.425 bits per heavy atom. The van der Waals surface area contributed by atoms with Gasteiger partial charge in [-0.2, -0.15) is 19.2 Å². The van der Waals surface area contributed by atoms with Crippen LogP contribution in [0.25, 0.3) is 38.4 Å². The molecule has 0 radical (unpaired) electrons. The Kier molecular flexibility index (Phi) is 72.4. The zero-order valence-corrected chi connectivity index (χ0v) is 82.9. The molecule has 0 aliphatic heterocycles. The quantitative estimate of drug-likeness (QED) is 0.00865. The molecule has 3 heterocycles. The Balaban J connectivity index is -0.000000340. The molecule has 11 rings (SSSR count). The van der Waals surface area contributed by atoms with Crippen molar-refractivity contribution in [2.75, 3.05) is 69.1 Å². The SMILES string of the molecule is CC.CC.CC.CC.CC.COC(=O)CCOc1cc2c(Nc3ccccc3CN[C-]=O)ncnc2cc1OC.COc1cc2ncnc(Nc3ccccc3CN[C-]=O)c2cc1O.COc1cc2ncnc(Nc3ccccc3CN[C-]=O)c2cc1OCCC([NH-])=O.NCc1ccccc1N.Nc1ccccc1CC[C-]=O.[CH3-].[CH3-].[CH3-].[W+2].[W+2].[W+2].[W+2]. The van der Waals surface area contributed by atoms with Crippen LogP contribution in [0.3, 0.4) is 0 Å². The summed E-state index contributed by atoms with van der Waals surface area (Å²) in [6.07, 6.45) is 12.3. The van der Waals surface area contributed by atoms with E-state index < -0.39 is 5.91 Å². The number of aromatic hydroxyl groups is 1. The molecule has 29 nitrogen and oxygen atoms in total. The summed E-state index contributed by atoms with van der Waals surface area (Å²) in [7, 11) is 5.85. The Hall–Kier alpha value is -10.7. The summed E-state index contributed by atoms with van der Waals surface area (Å²) in [4.78, 5) is 89.3. The van der Waals surface area contributed by atoms with Crippen molar-refractivity contribution in [2.24, 2.45) is 5.73 Å². The van der Waals surface area contributed by atoms with Crippen LogP contribution in [0.5, 0.6) is 34.5 Å². The van der Waals surface area contributed by atoms with Crippen LogP contribution in [-0.2, 0) is 150 Å². The summed E-state index contributed by atoms with van der Waals surface area (Å²) in [5, 5.41) is 29.4. The average Bonchev–Trinajstić information content (AvgIpc) is 0.842. The molecule has 0 bridgehead atoms. The van der Waals surface area contributed by atoms with Crippen LogP contribution in [-0.4, -0.2) is 114 Å². The molecule has 3 aromatic heterocycles. The number of nitrogens with one attached hydrogen (secondary N) is 7. The molecule has 0 spiro atoms. The molecule has 0 saturated heterocycles. The molecule has 0 saturated carbocycles. The van der Waals surface area contributed by atoms with E-state index in [2.05, 4.69) is 66.5 Å². The van der Waals surface area contributed by atoms with Gasteiger partial charge in [0.1, 0.15) is 36.4 Å². The van der Waals surface area contributed by atoms with Gasteiger partial charge >= 0.3 is 90.2 Å². The van der Waals surface area contributed by atoms with Gasteiger partial charge in [-0.25, -0.2) is 29.9 Å². The van der Waals surface area contributed by atoms with Crippen LogP contribution in [0, 0.1) is 22.3 Å².